The standard InChI is InChI=1S/C32H36N4O6S/c1-18-25(41-3)10-9-21-26(16-24(34-27(18)21)29-33-11-13-43-29)42-20-14-22-23(15-20)30(38)36(2)12-7-5-4-6-8-19-17-32(19,31(39)40)35-28(22)37/h6,8-11,13,16,19-20,22-23H,4-5,7,12,14-15,17H2,1-3H3,(H,35,37)(H,39,40)/b8-6+. The molecule has 5 atom stereocenters. The Morgan fingerprint density at radius 2 is 2.00 bits per heavy atom. The molecule has 0 saturated heterocycles. The van der Waals surface area contributed by atoms with Gasteiger partial charge in [0.05, 0.1) is 24.5 Å². The molecule has 0 bridgehead atoms. The maximum absolute atomic E-state index is 13.7. The smallest absolute Gasteiger partial charge is 0.330 e. The number of aromatic nitrogens is 2. The number of fused-ring (bicyclic) bond motifs is 3. The number of carboxylic acids is 1. The lowest BCUT2D eigenvalue weighted by Crippen LogP contribution is -2.49. The quantitative estimate of drug-likeness (QED) is 0.404. The third kappa shape index (κ3) is 5.46. The van der Waals surface area contributed by atoms with Crippen molar-refractivity contribution in [3.8, 4) is 22.2 Å². The van der Waals surface area contributed by atoms with E-state index in [2.05, 4.69) is 10.3 Å². The Bertz CT molecular complexity index is 1590. The summed E-state index contributed by atoms with van der Waals surface area (Å²) < 4.78 is 12.2. The topological polar surface area (TPSA) is 131 Å². The molecule has 2 N–H and O–H groups in total. The molecule has 3 aromatic rings. The van der Waals surface area contributed by atoms with Crippen molar-refractivity contribution in [3.63, 3.8) is 0 Å². The van der Waals surface area contributed by atoms with Crippen molar-refractivity contribution in [2.45, 2.75) is 57.1 Å². The van der Waals surface area contributed by atoms with Crippen LogP contribution in [-0.2, 0) is 14.4 Å². The predicted molar refractivity (Wildman–Crippen MR) is 162 cm³/mol. The van der Waals surface area contributed by atoms with Crippen LogP contribution in [0.2, 0.25) is 0 Å². The number of hydrogen-bond donors (Lipinski definition) is 2. The number of methoxy groups -OCH3 is 1. The van der Waals surface area contributed by atoms with Crippen LogP contribution in [0, 0.1) is 24.7 Å². The molecule has 2 aliphatic carbocycles. The zero-order valence-electron chi connectivity index (χ0n) is 24.5. The van der Waals surface area contributed by atoms with Crippen molar-refractivity contribution >= 4 is 40.0 Å². The average Bonchev–Trinajstić information content (AvgIpc) is 3.31. The van der Waals surface area contributed by atoms with Gasteiger partial charge in [-0.05, 0) is 57.6 Å². The first-order valence-corrected chi connectivity index (χ1v) is 15.6. The van der Waals surface area contributed by atoms with E-state index in [1.165, 1.54) is 11.3 Å². The van der Waals surface area contributed by atoms with Crippen LogP contribution >= 0.6 is 11.3 Å². The number of carboxylic acid groups (broad SMARTS) is 1. The minimum Gasteiger partial charge on any atom is -0.496 e. The first kappa shape index (κ1) is 29.1. The Morgan fingerprint density at radius 3 is 2.74 bits per heavy atom. The second-order valence-corrected chi connectivity index (χ2v) is 12.7. The number of ether oxygens (including phenoxy) is 2. The molecule has 11 heteroatoms. The number of aryl methyl sites for hydroxylation is 1. The molecule has 2 aromatic heterocycles. The lowest BCUT2D eigenvalue weighted by molar-refractivity contribution is -0.145. The van der Waals surface area contributed by atoms with Crippen LogP contribution in [0.15, 0.2) is 41.9 Å². The Balaban J connectivity index is 1.34. The molecular formula is C32H36N4O6S. The number of thiazole rings is 1. The van der Waals surface area contributed by atoms with Gasteiger partial charge in [0.15, 0.2) is 0 Å². The zero-order valence-corrected chi connectivity index (χ0v) is 25.4. The highest BCUT2D eigenvalue weighted by Crippen LogP contribution is 2.47. The summed E-state index contributed by atoms with van der Waals surface area (Å²) in [6, 6.07) is 5.64. The lowest BCUT2D eigenvalue weighted by atomic mass is 9.93. The molecular weight excluding hydrogens is 568 g/mol. The van der Waals surface area contributed by atoms with E-state index in [0.29, 0.717) is 36.6 Å². The summed E-state index contributed by atoms with van der Waals surface area (Å²) >= 11 is 1.47. The fourth-order valence-electron chi connectivity index (χ4n) is 6.53. The van der Waals surface area contributed by atoms with Gasteiger partial charge in [-0.2, -0.15) is 0 Å². The molecule has 43 heavy (non-hydrogen) atoms. The molecule has 3 aliphatic rings. The van der Waals surface area contributed by atoms with Crippen LogP contribution in [0.5, 0.6) is 11.5 Å². The lowest BCUT2D eigenvalue weighted by Gasteiger charge is -2.26. The van der Waals surface area contributed by atoms with Gasteiger partial charge in [-0.25, -0.2) is 14.8 Å². The normalized spacial score (nSPS) is 28.4. The molecule has 0 radical (unpaired) electrons. The summed E-state index contributed by atoms with van der Waals surface area (Å²) in [4.78, 5) is 50.8. The number of carbonyl (C=O) groups is 3. The molecule has 226 valence electrons. The van der Waals surface area contributed by atoms with Crippen LogP contribution in [0.1, 0.15) is 44.1 Å². The molecule has 1 aliphatic heterocycles. The van der Waals surface area contributed by atoms with Crippen molar-refractivity contribution in [3.05, 3.63) is 47.5 Å². The van der Waals surface area contributed by atoms with E-state index in [-0.39, 0.29) is 18.2 Å². The molecule has 6 rings (SSSR count). The Kier molecular flexibility index (Phi) is 7.85. The molecule has 1 aromatic carbocycles. The first-order valence-electron chi connectivity index (χ1n) is 14.7. The third-order valence-electron chi connectivity index (χ3n) is 9.09. The SMILES string of the molecule is COc1ccc2c(OC3CC4C(=O)NC5(C(=O)O)CC5/C=C/CCCCN(C)C(=O)C4C3)cc(-c3nccs3)nc2c1C. The van der Waals surface area contributed by atoms with Gasteiger partial charge in [0.2, 0.25) is 11.8 Å². The number of carbonyl (C=O) groups excluding carboxylic acids is 2. The number of pyridine rings is 1. The van der Waals surface area contributed by atoms with Crippen molar-refractivity contribution in [1.29, 1.82) is 0 Å². The summed E-state index contributed by atoms with van der Waals surface area (Å²) in [5.74, 6) is -1.85. The highest BCUT2D eigenvalue weighted by atomic mass is 32.1. The van der Waals surface area contributed by atoms with E-state index in [9.17, 15) is 19.5 Å². The summed E-state index contributed by atoms with van der Waals surface area (Å²) in [6.07, 6.45) is 8.70. The molecule has 0 spiro atoms. The Morgan fingerprint density at radius 1 is 1.19 bits per heavy atom. The zero-order chi connectivity index (χ0) is 30.3. The number of rotatable bonds is 5. The molecule has 2 saturated carbocycles. The van der Waals surface area contributed by atoms with E-state index in [1.54, 1.807) is 25.3 Å². The monoisotopic (exact) mass is 604 g/mol. The molecule has 2 fully saturated rings. The first-order chi connectivity index (χ1) is 20.7. The van der Waals surface area contributed by atoms with Crippen molar-refractivity contribution in [1.82, 2.24) is 20.2 Å². The summed E-state index contributed by atoms with van der Waals surface area (Å²) in [5, 5.41) is 16.3. The summed E-state index contributed by atoms with van der Waals surface area (Å²) in [5.41, 5.74) is 0.932. The second kappa shape index (κ2) is 11.6. The second-order valence-electron chi connectivity index (χ2n) is 11.8. The highest BCUT2D eigenvalue weighted by molar-refractivity contribution is 7.13. The van der Waals surface area contributed by atoms with Crippen LogP contribution in [0.4, 0.5) is 0 Å². The van der Waals surface area contributed by atoms with Gasteiger partial charge in [0.25, 0.3) is 0 Å². The van der Waals surface area contributed by atoms with Gasteiger partial charge in [-0.1, -0.05) is 12.2 Å². The fraction of sp³-hybridized carbons (Fsp3) is 0.469. The molecule has 10 nitrogen and oxygen atoms in total. The maximum atomic E-state index is 13.7. The summed E-state index contributed by atoms with van der Waals surface area (Å²) in [6.45, 7) is 2.54. The fourth-order valence-corrected chi connectivity index (χ4v) is 7.13. The summed E-state index contributed by atoms with van der Waals surface area (Å²) in [7, 11) is 3.39. The minimum atomic E-state index is -1.32. The number of nitrogens with zero attached hydrogens (tertiary/aromatic N) is 3. The number of amides is 2. The van der Waals surface area contributed by atoms with E-state index < -0.39 is 35.4 Å². The Labute approximate surface area is 254 Å². The largest absolute Gasteiger partial charge is 0.496 e. The van der Waals surface area contributed by atoms with Crippen molar-refractivity contribution in [2.75, 3.05) is 20.7 Å². The van der Waals surface area contributed by atoms with Gasteiger partial charge in [0, 0.05) is 48.1 Å². The van der Waals surface area contributed by atoms with E-state index in [0.717, 1.165) is 40.7 Å². The number of nitrogens with one attached hydrogen (secondary N) is 1. The maximum Gasteiger partial charge on any atom is 0.330 e. The van der Waals surface area contributed by atoms with E-state index in [4.69, 9.17) is 14.5 Å². The van der Waals surface area contributed by atoms with E-state index in [1.807, 2.05) is 42.7 Å². The number of benzene rings is 1. The number of allylic oxidation sites excluding steroid dienone is 1. The van der Waals surface area contributed by atoms with Gasteiger partial charge >= 0.3 is 5.97 Å². The van der Waals surface area contributed by atoms with Gasteiger partial charge < -0.3 is 24.8 Å². The van der Waals surface area contributed by atoms with Gasteiger partial charge in [-0.15, -0.1) is 11.3 Å². The van der Waals surface area contributed by atoms with Gasteiger partial charge in [-0.3, -0.25) is 9.59 Å². The van der Waals surface area contributed by atoms with E-state index >= 15 is 0 Å². The van der Waals surface area contributed by atoms with Crippen LogP contribution < -0.4 is 14.8 Å². The molecule has 2 amide bonds. The van der Waals surface area contributed by atoms with Crippen LogP contribution in [0.3, 0.4) is 0 Å². The van der Waals surface area contributed by atoms with Crippen molar-refractivity contribution < 1.29 is 29.0 Å². The van der Waals surface area contributed by atoms with Crippen LogP contribution in [-0.4, -0.2) is 70.1 Å². The molecule has 3 heterocycles. The molecule has 5 unspecified atom stereocenters. The number of hydrogen-bond acceptors (Lipinski definition) is 8. The minimum absolute atomic E-state index is 0.112. The van der Waals surface area contributed by atoms with Crippen LogP contribution in [0.25, 0.3) is 21.6 Å². The average molecular weight is 605 g/mol. The third-order valence-corrected chi connectivity index (χ3v) is 9.88. The highest BCUT2D eigenvalue weighted by Gasteiger charge is 2.61. The van der Waals surface area contributed by atoms with Gasteiger partial charge in [0.1, 0.15) is 33.8 Å². The van der Waals surface area contributed by atoms with Crippen molar-refractivity contribution in [2.24, 2.45) is 17.8 Å². The Hall–Kier alpha value is -3.99. The predicted octanol–water partition coefficient (Wildman–Crippen LogP) is 4.61. The number of aliphatic carboxylic acids is 1.